The average Bonchev–Trinajstić information content (AvgIpc) is 2.87. The summed E-state index contributed by atoms with van der Waals surface area (Å²) in [4.78, 5) is 17.9. The fourth-order valence-electron chi connectivity index (χ4n) is 2.11. The van der Waals surface area contributed by atoms with Gasteiger partial charge in [-0.2, -0.15) is 4.31 Å². The number of ether oxygens (including phenoxy) is 1. The molecule has 1 saturated heterocycles. The van der Waals surface area contributed by atoms with Crippen LogP contribution in [-0.2, 0) is 21.3 Å². The van der Waals surface area contributed by atoms with Gasteiger partial charge in [-0.15, -0.1) is 11.3 Å². The van der Waals surface area contributed by atoms with E-state index in [1.807, 2.05) is 5.38 Å². The minimum Gasteiger partial charge on any atom is -0.461 e. The molecule has 1 fully saturated rings. The van der Waals surface area contributed by atoms with Crippen LogP contribution in [-0.4, -0.2) is 67.6 Å². The Labute approximate surface area is 128 Å². The molecule has 0 aromatic carbocycles. The van der Waals surface area contributed by atoms with E-state index in [1.165, 1.54) is 21.9 Å². The molecule has 118 valence electrons. The Morgan fingerprint density at radius 1 is 1.38 bits per heavy atom. The summed E-state index contributed by atoms with van der Waals surface area (Å²) < 4.78 is 29.3. The van der Waals surface area contributed by atoms with Gasteiger partial charge in [0.15, 0.2) is 0 Å². The first-order chi connectivity index (χ1) is 9.90. The maximum Gasteiger partial charge on any atom is 0.367 e. The predicted octanol–water partition coefficient (Wildman–Crippen LogP) is 0.397. The Morgan fingerprint density at radius 2 is 2.05 bits per heavy atom. The molecule has 7 nitrogen and oxygen atoms in total. The number of piperazine rings is 1. The van der Waals surface area contributed by atoms with E-state index in [4.69, 9.17) is 4.74 Å². The Morgan fingerprint density at radius 3 is 2.62 bits per heavy atom. The third kappa shape index (κ3) is 4.47. The minimum absolute atomic E-state index is 0.335. The van der Waals surface area contributed by atoms with Crippen LogP contribution < -0.4 is 0 Å². The summed E-state index contributed by atoms with van der Waals surface area (Å²) in [5, 5.41) is 2.21. The van der Waals surface area contributed by atoms with Gasteiger partial charge in [0.2, 0.25) is 15.0 Å². The largest absolute Gasteiger partial charge is 0.461 e. The van der Waals surface area contributed by atoms with Crippen LogP contribution in [0.1, 0.15) is 22.4 Å². The molecule has 2 rings (SSSR count). The van der Waals surface area contributed by atoms with E-state index >= 15 is 0 Å². The van der Waals surface area contributed by atoms with E-state index in [1.54, 1.807) is 6.92 Å². The lowest BCUT2D eigenvalue weighted by atomic mass is 10.3. The molecule has 0 bridgehead atoms. The molecule has 0 spiro atoms. The zero-order valence-corrected chi connectivity index (χ0v) is 13.7. The van der Waals surface area contributed by atoms with Gasteiger partial charge in [0.1, 0.15) is 0 Å². The van der Waals surface area contributed by atoms with E-state index in [0.717, 1.165) is 5.69 Å². The van der Waals surface area contributed by atoms with Crippen LogP contribution in [0.25, 0.3) is 0 Å². The van der Waals surface area contributed by atoms with E-state index in [9.17, 15) is 13.2 Å². The lowest BCUT2D eigenvalue weighted by molar-refractivity contribution is 0.0525. The molecule has 0 radical (unpaired) electrons. The zero-order chi connectivity index (χ0) is 15.5. The second-order valence-corrected chi connectivity index (χ2v) is 7.64. The number of hydrogen-bond acceptors (Lipinski definition) is 7. The molecule has 0 unspecified atom stereocenters. The molecule has 1 aromatic rings. The highest BCUT2D eigenvalue weighted by atomic mass is 32.2. The fraction of sp³-hybridized carbons (Fsp3) is 0.667. The normalized spacial score (nSPS) is 17.8. The Kier molecular flexibility index (Phi) is 5.31. The highest BCUT2D eigenvalue weighted by molar-refractivity contribution is 7.88. The highest BCUT2D eigenvalue weighted by Gasteiger charge is 2.24. The van der Waals surface area contributed by atoms with Crippen LogP contribution in [0.15, 0.2) is 5.38 Å². The van der Waals surface area contributed by atoms with Crippen molar-refractivity contribution in [2.45, 2.75) is 13.5 Å². The van der Waals surface area contributed by atoms with E-state index in [-0.39, 0.29) is 0 Å². The summed E-state index contributed by atoms with van der Waals surface area (Å²) in [6.07, 6.45) is 1.23. The summed E-state index contributed by atoms with van der Waals surface area (Å²) in [7, 11) is -3.10. The van der Waals surface area contributed by atoms with Gasteiger partial charge in [-0.05, 0) is 6.92 Å². The summed E-state index contributed by atoms with van der Waals surface area (Å²) in [6.45, 7) is 5.03. The van der Waals surface area contributed by atoms with Crippen LogP contribution in [0.4, 0.5) is 0 Å². The topological polar surface area (TPSA) is 79.8 Å². The maximum atomic E-state index is 11.5. The average molecular weight is 333 g/mol. The third-order valence-electron chi connectivity index (χ3n) is 3.19. The first-order valence-electron chi connectivity index (χ1n) is 6.69. The molecule has 21 heavy (non-hydrogen) atoms. The number of esters is 1. The van der Waals surface area contributed by atoms with Crippen molar-refractivity contribution < 1.29 is 17.9 Å². The SMILES string of the molecule is CCOC(=O)c1nc(CN2CCN(S(C)(=O)=O)CC2)cs1. The monoisotopic (exact) mass is 333 g/mol. The molecular formula is C12H19N3O4S2. The van der Waals surface area contributed by atoms with Gasteiger partial charge in [0, 0.05) is 38.1 Å². The van der Waals surface area contributed by atoms with Gasteiger partial charge in [-0.3, -0.25) is 4.90 Å². The van der Waals surface area contributed by atoms with Gasteiger partial charge < -0.3 is 4.74 Å². The number of carbonyl (C=O) groups excluding carboxylic acids is 1. The van der Waals surface area contributed by atoms with Crippen LogP contribution in [0, 0.1) is 0 Å². The smallest absolute Gasteiger partial charge is 0.367 e. The van der Waals surface area contributed by atoms with Crippen molar-refractivity contribution in [2.24, 2.45) is 0 Å². The number of nitrogens with zero attached hydrogens (tertiary/aromatic N) is 3. The highest BCUT2D eigenvalue weighted by Crippen LogP contribution is 2.15. The second-order valence-electron chi connectivity index (χ2n) is 4.80. The van der Waals surface area contributed by atoms with Crippen LogP contribution >= 0.6 is 11.3 Å². The standard InChI is InChI=1S/C12H19N3O4S2/c1-3-19-12(16)11-13-10(9-20-11)8-14-4-6-15(7-5-14)21(2,17)18/h9H,3-8H2,1-2H3. The molecular weight excluding hydrogens is 314 g/mol. The van der Waals surface area contributed by atoms with E-state index in [0.29, 0.717) is 44.3 Å². The molecule has 9 heteroatoms. The molecule has 0 amide bonds. The second kappa shape index (κ2) is 6.82. The van der Waals surface area contributed by atoms with Gasteiger partial charge in [-0.25, -0.2) is 18.2 Å². The number of sulfonamides is 1. The van der Waals surface area contributed by atoms with Gasteiger partial charge in [0.05, 0.1) is 18.6 Å². The Bertz CT molecular complexity index is 591. The van der Waals surface area contributed by atoms with Crippen molar-refractivity contribution >= 4 is 27.3 Å². The van der Waals surface area contributed by atoms with Crippen molar-refractivity contribution in [3.05, 3.63) is 16.1 Å². The van der Waals surface area contributed by atoms with Crippen molar-refractivity contribution in [2.75, 3.05) is 39.0 Å². The summed E-state index contributed by atoms with van der Waals surface area (Å²) in [6, 6.07) is 0. The van der Waals surface area contributed by atoms with Crippen LogP contribution in [0.3, 0.4) is 0 Å². The molecule has 1 aliphatic heterocycles. The lowest BCUT2D eigenvalue weighted by Gasteiger charge is -2.32. The van der Waals surface area contributed by atoms with E-state index in [2.05, 4.69) is 9.88 Å². The number of thiazole rings is 1. The molecule has 2 heterocycles. The lowest BCUT2D eigenvalue weighted by Crippen LogP contribution is -2.47. The number of carbonyl (C=O) groups is 1. The number of rotatable bonds is 5. The van der Waals surface area contributed by atoms with E-state index < -0.39 is 16.0 Å². The van der Waals surface area contributed by atoms with Crippen molar-refractivity contribution in [1.82, 2.24) is 14.2 Å². The molecule has 0 N–H and O–H groups in total. The van der Waals surface area contributed by atoms with Crippen LogP contribution in [0.5, 0.6) is 0 Å². The molecule has 0 saturated carbocycles. The first-order valence-corrected chi connectivity index (χ1v) is 9.42. The number of aromatic nitrogens is 1. The molecule has 0 atom stereocenters. The summed E-state index contributed by atoms with van der Waals surface area (Å²) in [5.41, 5.74) is 0.816. The quantitative estimate of drug-likeness (QED) is 0.726. The first kappa shape index (κ1) is 16.3. The molecule has 1 aliphatic rings. The molecule has 1 aromatic heterocycles. The van der Waals surface area contributed by atoms with Gasteiger partial charge in [-0.1, -0.05) is 0 Å². The minimum atomic E-state index is -3.10. The van der Waals surface area contributed by atoms with Crippen molar-refractivity contribution in [3.8, 4) is 0 Å². The van der Waals surface area contributed by atoms with Crippen LogP contribution in [0.2, 0.25) is 0 Å². The maximum absolute atomic E-state index is 11.5. The fourth-order valence-corrected chi connectivity index (χ4v) is 3.64. The van der Waals surface area contributed by atoms with Crippen molar-refractivity contribution in [1.29, 1.82) is 0 Å². The van der Waals surface area contributed by atoms with Gasteiger partial charge >= 0.3 is 5.97 Å². The third-order valence-corrected chi connectivity index (χ3v) is 5.36. The Hall–Kier alpha value is -1.03. The van der Waals surface area contributed by atoms with Crippen molar-refractivity contribution in [3.63, 3.8) is 0 Å². The number of hydrogen-bond donors (Lipinski definition) is 0. The Balaban J connectivity index is 1.88. The summed E-state index contributed by atoms with van der Waals surface area (Å²) >= 11 is 1.27. The predicted molar refractivity (Wildman–Crippen MR) is 79.8 cm³/mol. The summed E-state index contributed by atoms with van der Waals surface area (Å²) in [5.74, 6) is -0.393. The zero-order valence-electron chi connectivity index (χ0n) is 12.1. The van der Waals surface area contributed by atoms with Gasteiger partial charge in [0.25, 0.3) is 0 Å². The molecule has 0 aliphatic carbocycles.